The number of nitrogens with zero attached hydrogens (tertiary/aromatic N) is 1. The molecule has 1 aromatic heterocycles. The van der Waals surface area contributed by atoms with Crippen molar-refractivity contribution in [3.8, 4) is 0 Å². The number of benzene rings is 2. The molecule has 4 N–H and O–H groups in total. The number of hydrogen-bond acceptors (Lipinski definition) is 4. The topological polar surface area (TPSA) is 89.2 Å². The average Bonchev–Trinajstić information content (AvgIpc) is 3.06. The number of rotatable bonds is 5. The molecule has 2 aromatic carbocycles. The molecule has 0 aliphatic carbocycles. The highest BCUT2D eigenvalue weighted by Crippen LogP contribution is 2.23. The van der Waals surface area contributed by atoms with Crippen LogP contribution in [0.1, 0.15) is 11.1 Å². The van der Waals surface area contributed by atoms with Crippen LogP contribution in [0.2, 0.25) is 0 Å². The highest BCUT2D eigenvalue weighted by Gasteiger charge is 2.18. The van der Waals surface area contributed by atoms with Crippen molar-refractivity contribution >= 4 is 38.3 Å². The van der Waals surface area contributed by atoms with Crippen LogP contribution >= 0.6 is 12.2 Å². The molecule has 8 heteroatoms. The first-order chi connectivity index (χ1) is 12.4. The van der Waals surface area contributed by atoms with Crippen molar-refractivity contribution in [3.05, 3.63) is 65.9 Å². The molecule has 0 aliphatic heterocycles. The first-order valence-corrected chi connectivity index (χ1v) is 9.93. The summed E-state index contributed by atoms with van der Waals surface area (Å²) in [6, 6.07) is 14.4. The second-order valence-corrected chi connectivity index (χ2v) is 8.20. The summed E-state index contributed by atoms with van der Waals surface area (Å²) in [5.74, 6) is 5.22. The van der Waals surface area contributed by atoms with E-state index >= 15 is 0 Å². The molecule has 0 unspecified atom stereocenters. The predicted octanol–water partition coefficient (Wildman–Crippen LogP) is 2.07. The van der Waals surface area contributed by atoms with Crippen LogP contribution in [0.5, 0.6) is 0 Å². The van der Waals surface area contributed by atoms with Gasteiger partial charge in [-0.2, -0.15) is 0 Å². The molecule has 3 aromatic rings. The zero-order valence-electron chi connectivity index (χ0n) is 14.3. The van der Waals surface area contributed by atoms with Gasteiger partial charge in [0.15, 0.2) is 5.11 Å². The zero-order valence-corrected chi connectivity index (χ0v) is 15.9. The van der Waals surface area contributed by atoms with Crippen molar-refractivity contribution in [3.63, 3.8) is 0 Å². The van der Waals surface area contributed by atoms with Gasteiger partial charge in [0.1, 0.15) is 0 Å². The van der Waals surface area contributed by atoms with Crippen LogP contribution in [-0.4, -0.2) is 24.0 Å². The summed E-state index contributed by atoms with van der Waals surface area (Å²) in [6.45, 7) is 2.52. The number of hydrogen-bond donors (Lipinski definition) is 3. The van der Waals surface area contributed by atoms with Gasteiger partial charge >= 0.3 is 0 Å². The molecule has 0 bridgehead atoms. The molecule has 0 radical (unpaired) electrons. The van der Waals surface area contributed by atoms with E-state index in [1.54, 1.807) is 36.5 Å². The molecular weight excluding hydrogens is 368 g/mol. The molecule has 0 fully saturated rings. The van der Waals surface area contributed by atoms with E-state index in [1.165, 1.54) is 3.97 Å². The maximum Gasteiger partial charge on any atom is 0.268 e. The number of nitrogens with two attached hydrogens (primary N) is 1. The summed E-state index contributed by atoms with van der Waals surface area (Å²) in [5, 5.41) is 4.21. The maximum absolute atomic E-state index is 13.0. The largest absolute Gasteiger partial charge is 0.361 e. The molecule has 0 atom stereocenters. The minimum Gasteiger partial charge on any atom is -0.361 e. The molecule has 1 heterocycles. The second-order valence-electron chi connectivity index (χ2n) is 5.97. The van der Waals surface area contributed by atoms with Crippen molar-refractivity contribution in [2.45, 2.75) is 18.2 Å². The molecule has 26 heavy (non-hydrogen) atoms. The Hall–Kier alpha value is -2.42. The fraction of sp³-hybridized carbons (Fsp3) is 0.167. The molecule has 0 saturated carbocycles. The Bertz CT molecular complexity index is 1040. The van der Waals surface area contributed by atoms with Gasteiger partial charge in [0, 0.05) is 18.1 Å². The first kappa shape index (κ1) is 18.4. The lowest BCUT2D eigenvalue weighted by atomic mass is 10.1. The third-order valence-electron chi connectivity index (χ3n) is 4.13. The molecule has 6 nitrogen and oxygen atoms in total. The lowest BCUT2D eigenvalue weighted by Crippen LogP contribution is -2.40. The number of aryl methyl sites for hydroxylation is 1. The summed E-state index contributed by atoms with van der Waals surface area (Å²) in [5.41, 5.74) is 5.04. The van der Waals surface area contributed by atoms with Crippen LogP contribution in [0.25, 0.3) is 10.9 Å². The summed E-state index contributed by atoms with van der Waals surface area (Å²) in [7, 11) is -3.64. The van der Waals surface area contributed by atoms with Gasteiger partial charge in [-0.15, -0.1) is 0 Å². The summed E-state index contributed by atoms with van der Waals surface area (Å²) >= 11 is 4.94. The number of aromatic nitrogens is 1. The van der Waals surface area contributed by atoms with Crippen LogP contribution in [0.3, 0.4) is 0 Å². The Kier molecular flexibility index (Phi) is 5.26. The van der Waals surface area contributed by atoms with E-state index in [9.17, 15) is 8.42 Å². The van der Waals surface area contributed by atoms with Gasteiger partial charge in [-0.1, -0.05) is 29.8 Å². The summed E-state index contributed by atoms with van der Waals surface area (Å²) < 4.78 is 27.3. The molecule has 3 rings (SSSR count). The van der Waals surface area contributed by atoms with Gasteiger partial charge in [0.25, 0.3) is 10.0 Å². The Balaban J connectivity index is 1.92. The molecule has 0 spiro atoms. The highest BCUT2D eigenvalue weighted by molar-refractivity contribution is 7.90. The SMILES string of the molecule is Cc1ccc(S(=O)(=O)n2ccc3ccc(CCNC(=S)NN)cc32)cc1. The van der Waals surface area contributed by atoms with E-state index in [0.717, 1.165) is 16.5 Å². The minimum atomic E-state index is -3.64. The Morgan fingerprint density at radius 3 is 2.58 bits per heavy atom. The normalized spacial score (nSPS) is 11.5. The van der Waals surface area contributed by atoms with E-state index in [4.69, 9.17) is 18.1 Å². The lowest BCUT2D eigenvalue weighted by molar-refractivity contribution is 0.589. The molecular formula is C18H20N4O2S2. The lowest BCUT2D eigenvalue weighted by Gasteiger charge is -2.10. The smallest absolute Gasteiger partial charge is 0.268 e. The Morgan fingerprint density at radius 1 is 1.15 bits per heavy atom. The monoisotopic (exact) mass is 388 g/mol. The van der Waals surface area contributed by atoms with Gasteiger partial charge in [-0.3, -0.25) is 0 Å². The van der Waals surface area contributed by atoms with Gasteiger partial charge < -0.3 is 10.7 Å². The third kappa shape index (κ3) is 3.72. The van der Waals surface area contributed by atoms with Gasteiger partial charge in [0.2, 0.25) is 0 Å². The van der Waals surface area contributed by atoms with Crippen LogP contribution in [0.15, 0.2) is 59.6 Å². The van der Waals surface area contributed by atoms with Gasteiger partial charge in [0.05, 0.1) is 10.4 Å². The minimum absolute atomic E-state index is 0.270. The summed E-state index contributed by atoms with van der Waals surface area (Å²) in [4.78, 5) is 0.270. The van der Waals surface area contributed by atoms with Crippen molar-refractivity contribution in [2.24, 2.45) is 5.84 Å². The van der Waals surface area contributed by atoms with Gasteiger partial charge in [-0.25, -0.2) is 18.2 Å². The second kappa shape index (κ2) is 7.45. The quantitative estimate of drug-likeness (QED) is 0.352. The van der Waals surface area contributed by atoms with Crippen LogP contribution < -0.4 is 16.6 Å². The average molecular weight is 389 g/mol. The van der Waals surface area contributed by atoms with E-state index < -0.39 is 10.0 Å². The van der Waals surface area contributed by atoms with Crippen LogP contribution in [0, 0.1) is 6.92 Å². The Labute approximate surface area is 158 Å². The van der Waals surface area contributed by atoms with Crippen LogP contribution in [0.4, 0.5) is 0 Å². The van der Waals surface area contributed by atoms with Crippen molar-refractivity contribution < 1.29 is 8.42 Å². The fourth-order valence-corrected chi connectivity index (χ4v) is 4.16. The van der Waals surface area contributed by atoms with E-state index in [-0.39, 0.29) is 4.90 Å². The first-order valence-electron chi connectivity index (χ1n) is 8.08. The third-order valence-corrected chi connectivity index (χ3v) is 6.10. The molecule has 0 aliphatic rings. The zero-order chi connectivity index (χ0) is 18.7. The van der Waals surface area contributed by atoms with Gasteiger partial charge in [-0.05, 0) is 55.4 Å². The van der Waals surface area contributed by atoms with Crippen molar-refractivity contribution in [2.75, 3.05) is 6.54 Å². The fourth-order valence-electron chi connectivity index (χ4n) is 2.71. The summed E-state index contributed by atoms with van der Waals surface area (Å²) in [6.07, 6.45) is 2.28. The highest BCUT2D eigenvalue weighted by atomic mass is 32.2. The Morgan fingerprint density at radius 2 is 1.88 bits per heavy atom. The number of thiocarbonyl (C=S) groups is 1. The molecule has 136 valence electrons. The van der Waals surface area contributed by atoms with Crippen molar-refractivity contribution in [1.82, 2.24) is 14.7 Å². The van der Waals surface area contributed by atoms with E-state index in [2.05, 4.69) is 10.7 Å². The van der Waals surface area contributed by atoms with Crippen LogP contribution in [-0.2, 0) is 16.4 Å². The number of fused-ring (bicyclic) bond motifs is 1. The predicted molar refractivity (Wildman–Crippen MR) is 107 cm³/mol. The maximum atomic E-state index is 13.0. The standard InChI is InChI=1S/C18H20N4O2S2/c1-13-2-6-16(7-3-13)26(23,24)22-11-9-15-5-4-14(12-17(15)22)8-10-20-18(25)21-19/h2-7,9,11-12H,8,10,19H2,1H3,(H2,20,21,25). The molecule has 0 amide bonds. The molecule has 0 saturated heterocycles. The number of hydrazine groups is 1. The van der Waals surface area contributed by atoms with E-state index in [1.807, 2.05) is 25.1 Å². The van der Waals surface area contributed by atoms with E-state index in [0.29, 0.717) is 23.6 Å². The number of nitrogens with one attached hydrogen (secondary N) is 2. The van der Waals surface area contributed by atoms with Crippen molar-refractivity contribution in [1.29, 1.82) is 0 Å².